The van der Waals surface area contributed by atoms with Crippen molar-refractivity contribution in [2.75, 3.05) is 18.4 Å². The van der Waals surface area contributed by atoms with Crippen LogP contribution in [0, 0.1) is 0 Å². The van der Waals surface area contributed by atoms with Crippen molar-refractivity contribution in [3.8, 4) is 0 Å². The molecule has 1 aliphatic heterocycles. The standard InChI is InChI=1S/C24H26N4O2S/c29-22(27-24-25-20(17-31-24)16-28-13-7-8-14-28)15-21(18-9-3-1-4-10-18)26-23(30)19-11-5-2-6-12-19/h1-6,9-12,17,21H,7-8,13-16H2,(H,26,30)(H,25,27,29). The summed E-state index contributed by atoms with van der Waals surface area (Å²) in [7, 11) is 0. The molecule has 0 spiro atoms. The van der Waals surface area contributed by atoms with Crippen LogP contribution in [0.1, 0.15) is 46.9 Å². The van der Waals surface area contributed by atoms with E-state index in [2.05, 4.69) is 20.5 Å². The highest BCUT2D eigenvalue weighted by Gasteiger charge is 2.20. The quantitative estimate of drug-likeness (QED) is 0.556. The summed E-state index contributed by atoms with van der Waals surface area (Å²) >= 11 is 1.44. The zero-order valence-corrected chi connectivity index (χ0v) is 18.1. The van der Waals surface area contributed by atoms with Crippen LogP contribution in [0.15, 0.2) is 66.0 Å². The second kappa shape index (κ2) is 10.3. The normalized spacial score (nSPS) is 14.8. The van der Waals surface area contributed by atoms with E-state index in [9.17, 15) is 9.59 Å². The number of thiazole rings is 1. The highest BCUT2D eigenvalue weighted by atomic mass is 32.1. The molecule has 2 heterocycles. The molecule has 1 fully saturated rings. The smallest absolute Gasteiger partial charge is 0.251 e. The average Bonchev–Trinajstić information content (AvgIpc) is 3.47. The van der Waals surface area contributed by atoms with Gasteiger partial charge in [0.05, 0.1) is 18.2 Å². The Morgan fingerprint density at radius 1 is 1.00 bits per heavy atom. The number of rotatable bonds is 8. The maximum atomic E-state index is 12.8. The van der Waals surface area contributed by atoms with Gasteiger partial charge in [-0.15, -0.1) is 11.3 Å². The fraction of sp³-hybridized carbons (Fsp3) is 0.292. The summed E-state index contributed by atoms with van der Waals surface area (Å²) in [5.74, 6) is -0.381. The third-order valence-electron chi connectivity index (χ3n) is 5.32. The molecule has 1 saturated heterocycles. The highest BCUT2D eigenvalue weighted by Crippen LogP contribution is 2.22. The molecule has 0 saturated carbocycles. The number of likely N-dealkylation sites (tertiary alicyclic amines) is 1. The Bertz CT molecular complexity index is 1000. The Morgan fingerprint density at radius 2 is 1.68 bits per heavy atom. The van der Waals surface area contributed by atoms with Crippen LogP contribution in [0.5, 0.6) is 0 Å². The summed E-state index contributed by atoms with van der Waals surface area (Å²) in [6.07, 6.45) is 2.61. The fourth-order valence-electron chi connectivity index (χ4n) is 3.73. The first kappa shape index (κ1) is 21.2. The van der Waals surface area contributed by atoms with Crippen LogP contribution in [0.3, 0.4) is 0 Å². The number of hydrogen-bond donors (Lipinski definition) is 2. The highest BCUT2D eigenvalue weighted by molar-refractivity contribution is 7.13. The predicted molar refractivity (Wildman–Crippen MR) is 123 cm³/mol. The number of carbonyl (C=O) groups is 2. The molecular weight excluding hydrogens is 408 g/mol. The number of nitrogens with zero attached hydrogens (tertiary/aromatic N) is 2. The van der Waals surface area contributed by atoms with E-state index in [0.29, 0.717) is 10.7 Å². The van der Waals surface area contributed by atoms with Crippen LogP contribution in [0.4, 0.5) is 5.13 Å². The van der Waals surface area contributed by atoms with Gasteiger partial charge in [-0.2, -0.15) is 0 Å². The van der Waals surface area contributed by atoms with Gasteiger partial charge < -0.3 is 10.6 Å². The second-order valence-corrected chi connectivity index (χ2v) is 8.54. The number of nitrogens with one attached hydrogen (secondary N) is 2. The van der Waals surface area contributed by atoms with Crippen LogP contribution >= 0.6 is 11.3 Å². The van der Waals surface area contributed by atoms with Crippen molar-refractivity contribution < 1.29 is 9.59 Å². The molecule has 1 aliphatic rings. The van der Waals surface area contributed by atoms with Gasteiger partial charge in [0.15, 0.2) is 5.13 Å². The lowest BCUT2D eigenvalue weighted by molar-refractivity contribution is -0.116. The molecular formula is C24H26N4O2S. The largest absolute Gasteiger partial charge is 0.345 e. The Labute approximate surface area is 186 Å². The van der Waals surface area contributed by atoms with Crippen molar-refractivity contribution in [1.29, 1.82) is 0 Å². The van der Waals surface area contributed by atoms with E-state index >= 15 is 0 Å². The number of carbonyl (C=O) groups excluding carboxylic acids is 2. The third kappa shape index (κ3) is 5.99. The number of anilines is 1. The molecule has 1 aromatic heterocycles. The van der Waals surface area contributed by atoms with Gasteiger partial charge in [0.25, 0.3) is 5.91 Å². The van der Waals surface area contributed by atoms with Gasteiger partial charge in [-0.25, -0.2) is 4.98 Å². The lowest BCUT2D eigenvalue weighted by Crippen LogP contribution is -2.31. The van der Waals surface area contributed by atoms with Gasteiger partial charge in [-0.05, 0) is 43.6 Å². The number of benzene rings is 2. The minimum absolute atomic E-state index is 0.129. The van der Waals surface area contributed by atoms with Crippen LogP contribution < -0.4 is 10.6 Å². The van der Waals surface area contributed by atoms with Crippen molar-refractivity contribution in [3.63, 3.8) is 0 Å². The molecule has 0 aliphatic carbocycles. The summed E-state index contributed by atoms with van der Waals surface area (Å²) in [5, 5.41) is 8.49. The summed E-state index contributed by atoms with van der Waals surface area (Å²) < 4.78 is 0. The average molecular weight is 435 g/mol. The van der Waals surface area contributed by atoms with Crippen LogP contribution in [-0.2, 0) is 11.3 Å². The van der Waals surface area contributed by atoms with Crippen molar-refractivity contribution in [1.82, 2.24) is 15.2 Å². The number of amides is 2. The molecule has 31 heavy (non-hydrogen) atoms. The minimum Gasteiger partial charge on any atom is -0.345 e. The lowest BCUT2D eigenvalue weighted by Gasteiger charge is -2.19. The lowest BCUT2D eigenvalue weighted by atomic mass is 10.0. The van der Waals surface area contributed by atoms with Crippen molar-refractivity contribution in [3.05, 3.63) is 82.9 Å². The summed E-state index contributed by atoms with van der Waals surface area (Å²) in [5.41, 5.74) is 2.44. The molecule has 4 rings (SSSR count). The molecule has 1 atom stereocenters. The van der Waals surface area contributed by atoms with Gasteiger partial charge in [0, 0.05) is 17.5 Å². The summed E-state index contributed by atoms with van der Waals surface area (Å²) in [4.78, 5) is 32.4. The van der Waals surface area contributed by atoms with E-state index in [-0.39, 0.29) is 18.2 Å². The first-order valence-electron chi connectivity index (χ1n) is 10.5. The van der Waals surface area contributed by atoms with Crippen molar-refractivity contribution >= 4 is 28.3 Å². The Hall–Kier alpha value is -3.03. The summed E-state index contributed by atoms with van der Waals surface area (Å²) in [6, 6.07) is 18.1. The molecule has 2 amide bonds. The fourth-order valence-corrected chi connectivity index (χ4v) is 4.45. The second-order valence-electron chi connectivity index (χ2n) is 7.68. The topological polar surface area (TPSA) is 74.3 Å². The molecule has 0 bridgehead atoms. The summed E-state index contributed by atoms with van der Waals surface area (Å²) in [6.45, 7) is 3.05. The number of aromatic nitrogens is 1. The van der Waals surface area contributed by atoms with Crippen LogP contribution in [0.25, 0.3) is 0 Å². The SMILES string of the molecule is O=C(CC(NC(=O)c1ccccc1)c1ccccc1)Nc1nc(CN2CCCC2)cs1. The van der Waals surface area contributed by atoms with E-state index in [4.69, 9.17) is 0 Å². The van der Waals surface area contributed by atoms with E-state index in [0.717, 1.165) is 30.9 Å². The third-order valence-corrected chi connectivity index (χ3v) is 6.12. The van der Waals surface area contributed by atoms with E-state index in [1.807, 2.05) is 53.9 Å². The monoisotopic (exact) mass is 434 g/mol. The molecule has 6 nitrogen and oxygen atoms in total. The first-order valence-corrected chi connectivity index (χ1v) is 11.4. The van der Waals surface area contributed by atoms with E-state index < -0.39 is 6.04 Å². The van der Waals surface area contributed by atoms with Crippen molar-refractivity contribution in [2.24, 2.45) is 0 Å². The maximum absolute atomic E-state index is 12.8. The van der Waals surface area contributed by atoms with E-state index in [1.165, 1.54) is 24.2 Å². The molecule has 160 valence electrons. The van der Waals surface area contributed by atoms with Gasteiger partial charge >= 0.3 is 0 Å². The Morgan fingerprint density at radius 3 is 2.39 bits per heavy atom. The first-order chi connectivity index (χ1) is 15.2. The molecule has 7 heteroatoms. The van der Waals surface area contributed by atoms with Gasteiger partial charge in [-0.3, -0.25) is 14.5 Å². The zero-order valence-electron chi connectivity index (χ0n) is 17.3. The predicted octanol–water partition coefficient (Wildman–Crippen LogP) is 4.24. The van der Waals surface area contributed by atoms with Crippen LogP contribution in [-0.4, -0.2) is 34.8 Å². The van der Waals surface area contributed by atoms with Crippen molar-refractivity contribution in [2.45, 2.75) is 31.8 Å². The maximum Gasteiger partial charge on any atom is 0.251 e. The van der Waals surface area contributed by atoms with Crippen LogP contribution in [0.2, 0.25) is 0 Å². The van der Waals surface area contributed by atoms with Gasteiger partial charge in [0.1, 0.15) is 0 Å². The molecule has 0 radical (unpaired) electrons. The molecule has 1 unspecified atom stereocenters. The Balaban J connectivity index is 1.40. The molecule has 2 N–H and O–H groups in total. The molecule has 3 aromatic rings. The Kier molecular flexibility index (Phi) is 7.07. The molecule has 2 aromatic carbocycles. The van der Waals surface area contributed by atoms with E-state index in [1.54, 1.807) is 12.1 Å². The zero-order chi connectivity index (χ0) is 21.5. The number of hydrogen-bond acceptors (Lipinski definition) is 5. The van der Waals surface area contributed by atoms with Gasteiger partial charge in [-0.1, -0.05) is 48.5 Å². The van der Waals surface area contributed by atoms with Gasteiger partial charge in [0.2, 0.25) is 5.91 Å². The minimum atomic E-state index is -0.432.